The highest BCUT2D eigenvalue weighted by molar-refractivity contribution is 5.95. The highest BCUT2D eigenvalue weighted by atomic mass is 19.1. The number of nitrogens with zero attached hydrogens (tertiary/aromatic N) is 3. The number of allylic oxidation sites excluding steroid dienone is 1. The normalized spacial score (nSPS) is 20.9. The van der Waals surface area contributed by atoms with Crippen molar-refractivity contribution in [2.24, 2.45) is 4.99 Å². The molecule has 6 heteroatoms. The molecule has 24 heavy (non-hydrogen) atoms. The number of hydrogen-bond donors (Lipinski definition) is 1. The SMILES string of the molecule is CN1CC(C2N=CC(CCc3ccc(F)cc3)=CN2C)=C(O)C1=O. The fourth-order valence-electron chi connectivity index (χ4n) is 2.97. The van der Waals surface area contributed by atoms with E-state index in [4.69, 9.17) is 0 Å². The minimum Gasteiger partial charge on any atom is -0.503 e. The summed E-state index contributed by atoms with van der Waals surface area (Å²) in [5, 5.41) is 9.97. The monoisotopic (exact) mass is 329 g/mol. The number of halogens is 1. The summed E-state index contributed by atoms with van der Waals surface area (Å²) in [7, 11) is 3.53. The zero-order chi connectivity index (χ0) is 17.3. The van der Waals surface area contributed by atoms with Gasteiger partial charge in [0.1, 0.15) is 12.0 Å². The highest BCUT2D eigenvalue weighted by Gasteiger charge is 2.34. The van der Waals surface area contributed by atoms with E-state index in [0.29, 0.717) is 12.1 Å². The van der Waals surface area contributed by atoms with E-state index in [1.807, 2.05) is 18.1 Å². The van der Waals surface area contributed by atoms with Crippen molar-refractivity contribution in [3.63, 3.8) is 0 Å². The maximum atomic E-state index is 12.9. The lowest BCUT2D eigenvalue weighted by atomic mass is 10.0. The fourth-order valence-corrected chi connectivity index (χ4v) is 2.97. The van der Waals surface area contributed by atoms with Crippen molar-refractivity contribution in [3.8, 4) is 0 Å². The third-order valence-corrected chi connectivity index (χ3v) is 4.33. The van der Waals surface area contributed by atoms with E-state index in [9.17, 15) is 14.3 Å². The summed E-state index contributed by atoms with van der Waals surface area (Å²) in [4.78, 5) is 19.6. The van der Waals surface area contributed by atoms with Gasteiger partial charge in [-0.05, 0) is 36.1 Å². The van der Waals surface area contributed by atoms with E-state index >= 15 is 0 Å². The Bertz CT molecular complexity index is 737. The van der Waals surface area contributed by atoms with Crippen LogP contribution in [-0.4, -0.2) is 53.8 Å². The number of carbonyl (C=O) groups excluding carboxylic acids is 1. The quantitative estimate of drug-likeness (QED) is 0.922. The van der Waals surface area contributed by atoms with Crippen LogP contribution < -0.4 is 0 Å². The maximum absolute atomic E-state index is 12.9. The average molecular weight is 329 g/mol. The van der Waals surface area contributed by atoms with Gasteiger partial charge >= 0.3 is 0 Å². The first-order valence-corrected chi connectivity index (χ1v) is 7.83. The molecule has 0 spiro atoms. The molecule has 0 aliphatic carbocycles. The number of rotatable bonds is 4. The predicted octanol–water partition coefficient (Wildman–Crippen LogP) is 2.27. The molecule has 1 amide bonds. The van der Waals surface area contributed by atoms with Crippen LogP contribution >= 0.6 is 0 Å². The number of aliphatic hydroxyl groups excluding tert-OH is 1. The van der Waals surface area contributed by atoms with Crippen molar-refractivity contribution in [1.82, 2.24) is 9.80 Å². The summed E-state index contributed by atoms with van der Waals surface area (Å²) >= 11 is 0. The van der Waals surface area contributed by atoms with E-state index in [2.05, 4.69) is 4.99 Å². The molecule has 126 valence electrons. The summed E-state index contributed by atoms with van der Waals surface area (Å²) in [6.45, 7) is 0.385. The molecule has 5 nitrogen and oxygen atoms in total. The van der Waals surface area contributed by atoms with Crippen LogP contribution in [0.3, 0.4) is 0 Å². The van der Waals surface area contributed by atoms with Crippen LogP contribution in [0.4, 0.5) is 4.39 Å². The molecular weight excluding hydrogens is 309 g/mol. The predicted molar refractivity (Wildman–Crippen MR) is 90.1 cm³/mol. The molecule has 0 saturated carbocycles. The smallest absolute Gasteiger partial charge is 0.288 e. The number of carbonyl (C=O) groups is 1. The lowest BCUT2D eigenvalue weighted by Gasteiger charge is -2.28. The minimum atomic E-state index is -0.361. The second-order valence-electron chi connectivity index (χ2n) is 6.18. The Morgan fingerprint density at radius 1 is 1.25 bits per heavy atom. The minimum absolute atomic E-state index is 0.199. The molecule has 0 saturated heterocycles. The van der Waals surface area contributed by atoms with Crippen LogP contribution in [0.2, 0.25) is 0 Å². The van der Waals surface area contributed by atoms with Crippen molar-refractivity contribution in [3.05, 3.63) is 58.8 Å². The highest BCUT2D eigenvalue weighted by Crippen LogP contribution is 2.25. The topological polar surface area (TPSA) is 56.1 Å². The Labute approximate surface area is 140 Å². The second-order valence-corrected chi connectivity index (χ2v) is 6.18. The second kappa shape index (κ2) is 6.47. The molecule has 0 radical (unpaired) electrons. The summed E-state index contributed by atoms with van der Waals surface area (Å²) in [5.74, 6) is -0.793. The van der Waals surface area contributed by atoms with Gasteiger partial charge in [-0.25, -0.2) is 4.39 Å². The third-order valence-electron chi connectivity index (χ3n) is 4.33. The zero-order valence-electron chi connectivity index (χ0n) is 13.7. The van der Waals surface area contributed by atoms with E-state index in [1.54, 1.807) is 25.4 Å². The van der Waals surface area contributed by atoms with Crippen LogP contribution in [0.15, 0.2) is 52.4 Å². The van der Waals surface area contributed by atoms with Gasteiger partial charge in [-0.1, -0.05) is 12.1 Å². The summed E-state index contributed by atoms with van der Waals surface area (Å²) < 4.78 is 12.9. The number of hydrogen-bond acceptors (Lipinski definition) is 4. The third kappa shape index (κ3) is 3.18. The number of likely N-dealkylation sites (N-methyl/N-ethyl adjacent to an activating group) is 2. The molecule has 1 atom stereocenters. The van der Waals surface area contributed by atoms with Gasteiger partial charge in [0.25, 0.3) is 5.91 Å². The van der Waals surface area contributed by atoms with Crippen LogP contribution in [0.5, 0.6) is 0 Å². The van der Waals surface area contributed by atoms with Crippen molar-refractivity contribution in [1.29, 1.82) is 0 Å². The summed E-state index contributed by atoms with van der Waals surface area (Å²) in [5.41, 5.74) is 2.74. The van der Waals surface area contributed by atoms with Gasteiger partial charge in [-0.3, -0.25) is 9.79 Å². The van der Waals surface area contributed by atoms with E-state index < -0.39 is 0 Å². The number of aliphatic imine (C=N–C) groups is 1. The van der Waals surface area contributed by atoms with E-state index in [-0.39, 0.29) is 23.6 Å². The lowest BCUT2D eigenvalue weighted by molar-refractivity contribution is -0.126. The van der Waals surface area contributed by atoms with E-state index in [0.717, 1.165) is 24.0 Å². The standard InChI is InChI=1S/C18H20FN3O2/c1-21-10-13(4-3-12-5-7-14(19)8-6-12)9-20-17(21)15-11-22(2)18(24)16(15)23/h5-10,17,23H,3-4,11H2,1-2H3. The first-order valence-electron chi connectivity index (χ1n) is 7.83. The van der Waals surface area contributed by atoms with Gasteiger partial charge in [-0.2, -0.15) is 0 Å². The molecular formula is C18H20FN3O2. The van der Waals surface area contributed by atoms with Gasteiger partial charge in [0, 0.05) is 38.6 Å². The first kappa shape index (κ1) is 16.2. The number of aliphatic hydroxyl groups is 1. The molecule has 1 aromatic carbocycles. The summed E-state index contributed by atoms with van der Waals surface area (Å²) in [6, 6.07) is 6.49. The van der Waals surface area contributed by atoms with Gasteiger partial charge in [0.2, 0.25) is 0 Å². The van der Waals surface area contributed by atoms with Gasteiger partial charge in [-0.15, -0.1) is 0 Å². The molecule has 2 heterocycles. The van der Waals surface area contributed by atoms with Crippen molar-refractivity contribution in [2.45, 2.75) is 19.0 Å². The largest absolute Gasteiger partial charge is 0.503 e. The number of aryl methyl sites for hydroxylation is 1. The molecule has 3 rings (SSSR count). The van der Waals surface area contributed by atoms with Crippen LogP contribution in [-0.2, 0) is 11.2 Å². The van der Waals surface area contributed by atoms with Crippen molar-refractivity contribution < 1.29 is 14.3 Å². The van der Waals surface area contributed by atoms with E-state index in [1.165, 1.54) is 17.0 Å². The Morgan fingerprint density at radius 2 is 1.96 bits per heavy atom. The molecule has 0 fully saturated rings. The molecule has 1 unspecified atom stereocenters. The maximum Gasteiger partial charge on any atom is 0.288 e. The fraction of sp³-hybridized carbons (Fsp3) is 0.333. The number of amides is 1. The van der Waals surface area contributed by atoms with Crippen molar-refractivity contribution in [2.75, 3.05) is 20.6 Å². The summed E-state index contributed by atoms with van der Waals surface area (Å²) in [6.07, 6.45) is 5.00. The van der Waals surface area contributed by atoms with Crippen LogP contribution in [0.1, 0.15) is 12.0 Å². The molecule has 0 bridgehead atoms. The zero-order valence-corrected chi connectivity index (χ0v) is 13.7. The molecule has 0 aromatic heterocycles. The van der Waals surface area contributed by atoms with Gasteiger partial charge < -0.3 is 14.9 Å². The molecule has 1 N–H and O–H groups in total. The lowest BCUT2D eigenvalue weighted by Crippen LogP contribution is -2.32. The van der Waals surface area contributed by atoms with Crippen LogP contribution in [0.25, 0.3) is 0 Å². The Balaban J connectivity index is 1.65. The molecule has 2 aliphatic heterocycles. The van der Waals surface area contributed by atoms with Crippen LogP contribution in [0, 0.1) is 5.82 Å². The van der Waals surface area contributed by atoms with Crippen molar-refractivity contribution >= 4 is 12.1 Å². The average Bonchev–Trinajstić information content (AvgIpc) is 2.82. The van der Waals surface area contributed by atoms with Gasteiger partial charge in [0.05, 0.1) is 0 Å². The Hall–Kier alpha value is -2.63. The molecule has 1 aromatic rings. The molecule has 2 aliphatic rings. The van der Waals surface area contributed by atoms with Gasteiger partial charge in [0.15, 0.2) is 5.76 Å². The Kier molecular flexibility index (Phi) is 4.38. The number of benzene rings is 1. The first-order chi connectivity index (χ1) is 11.5. The Morgan fingerprint density at radius 3 is 2.54 bits per heavy atom.